The average Bonchev–Trinajstić information content (AvgIpc) is 2.68. The van der Waals surface area contributed by atoms with Gasteiger partial charge in [-0.2, -0.15) is 0 Å². The molecule has 0 unspecified atom stereocenters. The highest BCUT2D eigenvalue weighted by Gasteiger charge is 2.06. The van der Waals surface area contributed by atoms with Gasteiger partial charge in [0, 0.05) is 0 Å². The quantitative estimate of drug-likeness (QED) is 0.681. The zero-order chi connectivity index (χ0) is 11.8. The molecule has 0 amide bonds. The van der Waals surface area contributed by atoms with Crippen molar-refractivity contribution in [3.8, 4) is 11.1 Å². The molecular formula is C14H11ClN2. The van der Waals surface area contributed by atoms with E-state index in [9.17, 15) is 0 Å². The molecule has 2 nitrogen and oxygen atoms in total. The number of nitrogens with zero attached hydrogens (tertiary/aromatic N) is 1. The van der Waals surface area contributed by atoms with Gasteiger partial charge in [0.15, 0.2) is 0 Å². The maximum Gasteiger partial charge on any atom is 0.201 e. The van der Waals surface area contributed by atoms with E-state index in [1.165, 1.54) is 16.7 Å². The van der Waals surface area contributed by atoms with Crippen molar-refractivity contribution >= 4 is 22.6 Å². The van der Waals surface area contributed by atoms with E-state index in [1.807, 2.05) is 18.2 Å². The number of aromatic amines is 1. The molecule has 0 aliphatic rings. The maximum absolute atomic E-state index is 5.87. The summed E-state index contributed by atoms with van der Waals surface area (Å²) in [5.41, 5.74) is 5.49. The summed E-state index contributed by atoms with van der Waals surface area (Å²) in [6.45, 7) is 2.09. The molecule has 0 radical (unpaired) electrons. The molecular weight excluding hydrogens is 232 g/mol. The van der Waals surface area contributed by atoms with Gasteiger partial charge in [0.2, 0.25) is 5.28 Å². The van der Waals surface area contributed by atoms with Crippen molar-refractivity contribution < 1.29 is 0 Å². The Bertz CT molecular complexity index is 671. The van der Waals surface area contributed by atoms with Gasteiger partial charge in [-0.05, 0) is 47.3 Å². The molecule has 2 aromatic carbocycles. The Balaban J connectivity index is 2.26. The van der Waals surface area contributed by atoms with Crippen molar-refractivity contribution in [2.75, 3.05) is 0 Å². The second-order valence-electron chi connectivity index (χ2n) is 4.08. The fourth-order valence-electron chi connectivity index (χ4n) is 2.06. The molecule has 0 aliphatic carbocycles. The van der Waals surface area contributed by atoms with Crippen molar-refractivity contribution in [2.45, 2.75) is 6.92 Å². The van der Waals surface area contributed by atoms with Crippen LogP contribution in [0.1, 0.15) is 5.56 Å². The predicted octanol–water partition coefficient (Wildman–Crippen LogP) is 4.19. The van der Waals surface area contributed by atoms with Crippen LogP contribution in [0.2, 0.25) is 5.28 Å². The first kappa shape index (κ1) is 10.4. The minimum Gasteiger partial charge on any atom is -0.329 e. The Morgan fingerprint density at radius 2 is 1.88 bits per heavy atom. The number of fused-ring (bicyclic) bond motifs is 1. The fraction of sp³-hybridized carbons (Fsp3) is 0.0714. The van der Waals surface area contributed by atoms with Gasteiger partial charge in [0.25, 0.3) is 0 Å². The van der Waals surface area contributed by atoms with Crippen LogP contribution in [-0.2, 0) is 0 Å². The number of aryl methyl sites for hydroxylation is 1. The molecule has 17 heavy (non-hydrogen) atoms. The first-order valence-electron chi connectivity index (χ1n) is 5.45. The third-order valence-corrected chi connectivity index (χ3v) is 3.06. The summed E-state index contributed by atoms with van der Waals surface area (Å²) < 4.78 is 0. The monoisotopic (exact) mass is 242 g/mol. The van der Waals surface area contributed by atoms with Crippen LogP contribution in [-0.4, -0.2) is 9.97 Å². The summed E-state index contributed by atoms with van der Waals surface area (Å²) >= 11 is 5.87. The van der Waals surface area contributed by atoms with Gasteiger partial charge in [-0.1, -0.05) is 30.3 Å². The first-order valence-corrected chi connectivity index (χ1v) is 5.83. The van der Waals surface area contributed by atoms with Crippen LogP contribution in [0.4, 0.5) is 0 Å². The lowest BCUT2D eigenvalue weighted by Crippen LogP contribution is -1.83. The van der Waals surface area contributed by atoms with Crippen molar-refractivity contribution in [2.24, 2.45) is 0 Å². The van der Waals surface area contributed by atoms with E-state index in [1.54, 1.807) is 0 Å². The molecule has 3 aromatic rings. The van der Waals surface area contributed by atoms with Gasteiger partial charge in [-0.3, -0.25) is 0 Å². The topological polar surface area (TPSA) is 28.7 Å². The molecule has 84 valence electrons. The molecule has 0 atom stereocenters. The number of hydrogen-bond acceptors (Lipinski definition) is 1. The van der Waals surface area contributed by atoms with E-state index in [2.05, 4.69) is 41.2 Å². The minimum absolute atomic E-state index is 0.435. The Labute approximate surface area is 104 Å². The Kier molecular flexibility index (Phi) is 2.37. The second kappa shape index (κ2) is 3.90. The fourth-order valence-corrected chi connectivity index (χ4v) is 2.26. The highest BCUT2D eigenvalue weighted by atomic mass is 35.5. The van der Waals surface area contributed by atoms with Gasteiger partial charge in [0.05, 0.1) is 11.0 Å². The first-order chi connectivity index (χ1) is 8.24. The molecule has 0 aliphatic heterocycles. The van der Waals surface area contributed by atoms with Crippen LogP contribution in [0.25, 0.3) is 22.2 Å². The Morgan fingerprint density at radius 1 is 1.12 bits per heavy atom. The van der Waals surface area contributed by atoms with Crippen LogP contribution in [0, 0.1) is 6.92 Å². The van der Waals surface area contributed by atoms with Gasteiger partial charge < -0.3 is 4.98 Å². The zero-order valence-corrected chi connectivity index (χ0v) is 10.1. The molecule has 0 saturated heterocycles. The third-order valence-electron chi connectivity index (χ3n) is 2.88. The van der Waals surface area contributed by atoms with E-state index in [4.69, 9.17) is 11.6 Å². The van der Waals surface area contributed by atoms with E-state index in [-0.39, 0.29) is 0 Å². The molecule has 3 rings (SSSR count). The minimum atomic E-state index is 0.435. The molecule has 0 fully saturated rings. The predicted molar refractivity (Wildman–Crippen MR) is 71.3 cm³/mol. The van der Waals surface area contributed by atoms with Crippen LogP contribution in [0.15, 0.2) is 42.5 Å². The lowest BCUT2D eigenvalue weighted by Gasteiger charge is -2.05. The highest BCUT2D eigenvalue weighted by molar-refractivity contribution is 6.29. The molecule has 1 N–H and O–H groups in total. The molecule has 0 bridgehead atoms. The summed E-state index contributed by atoms with van der Waals surface area (Å²) in [6.07, 6.45) is 0. The molecule has 1 heterocycles. The third kappa shape index (κ3) is 1.81. The number of benzene rings is 2. The summed E-state index contributed by atoms with van der Waals surface area (Å²) in [5, 5.41) is 0.435. The van der Waals surface area contributed by atoms with Crippen molar-refractivity contribution in [1.29, 1.82) is 0 Å². The molecule has 1 aromatic heterocycles. The number of hydrogen-bond donors (Lipinski definition) is 1. The smallest absolute Gasteiger partial charge is 0.201 e. The van der Waals surface area contributed by atoms with Gasteiger partial charge in [-0.15, -0.1) is 0 Å². The van der Waals surface area contributed by atoms with Gasteiger partial charge >= 0.3 is 0 Å². The molecule has 3 heteroatoms. The summed E-state index contributed by atoms with van der Waals surface area (Å²) in [5.74, 6) is 0. The van der Waals surface area contributed by atoms with Crippen molar-refractivity contribution in [3.63, 3.8) is 0 Å². The number of halogens is 1. The Morgan fingerprint density at radius 3 is 2.65 bits per heavy atom. The number of imidazole rings is 1. The number of aromatic nitrogens is 2. The zero-order valence-electron chi connectivity index (χ0n) is 9.37. The second-order valence-corrected chi connectivity index (χ2v) is 4.44. The van der Waals surface area contributed by atoms with E-state index < -0.39 is 0 Å². The summed E-state index contributed by atoms with van der Waals surface area (Å²) in [4.78, 5) is 7.28. The van der Waals surface area contributed by atoms with Crippen molar-refractivity contribution in [1.82, 2.24) is 9.97 Å². The van der Waals surface area contributed by atoms with Gasteiger partial charge in [0.1, 0.15) is 0 Å². The van der Waals surface area contributed by atoms with Gasteiger partial charge in [-0.25, -0.2) is 4.98 Å². The van der Waals surface area contributed by atoms with E-state index >= 15 is 0 Å². The normalized spacial score (nSPS) is 10.9. The number of nitrogens with one attached hydrogen (secondary N) is 1. The maximum atomic E-state index is 5.87. The van der Waals surface area contributed by atoms with Crippen molar-refractivity contribution in [3.05, 3.63) is 53.3 Å². The van der Waals surface area contributed by atoms with E-state index in [0.717, 1.165) is 11.0 Å². The SMILES string of the molecule is Cc1cc2[nH]c(Cl)nc2cc1-c1ccccc1. The van der Waals surface area contributed by atoms with Crippen LogP contribution in [0.3, 0.4) is 0 Å². The largest absolute Gasteiger partial charge is 0.329 e. The lowest BCUT2D eigenvalue weighted by molar-refractivity contribution is 1.34. The summed E-state index contributed by atoms with van der Waals surface area (Å²) in [6, 6.07) is 14.4. The number of H-pyrrole nitrogens is 1. The summed E-state index contributed by atoms with van der Waals surface area (Å²) in [7, 11) is 0. The van der Waals surface area contributed by atoms with Crippen LogP contribution >= 0.6 is 11.6 Å². The number of rotatable bonds is 1. The van der Waals surface area contributed by atoms with Crippen LogP contribution in [0.5, 0.6) is 0 Å². The van der Waals surface area contributed by atoms with E-state index in [0.29, 0.717) is 5.28 Å². The highest BCUT2D eigenvalue weighted by Crippen LogP contribution is 2.27. The lowest BCUT2D eigenvalue weighted by atomic mass is 10.00. The molecule has 0 saturated carbocycles. The molecule has 0 spiro atoms. The van der Waals surface area contributed by atoms with Crippen LogP contribution < -0.4 is 0 Å². The standard InChI is InChI=1S/C14H11ClN2/c1-9-7-12-13(17-14(15)16-12)8-11(9)10-5-3-2-4-6-10/h2-8H,1H3,(H,16,17). The average molecular weight is 243 g/mol. The Hall–Kier alpha value is -1.80.